The van der Waals surface area contributed by atoms with Gasteiger partial charge in [0, 0.05) is 12.7 Å². The number of hydrogen-bond donors (Lipinski definition) is 2. The van der Waals surface area contributed by atoms with E-state index in [0.717, 1.165) is 38.2 Å². The van der Waals surface area contributed by atoms with Gasteiger partial charge in [-0.3, -0.25) is 0 Å². The molecule has 1 aliphatic rings. The van der Waals surface area contributed by atoms with E-state index in [-0.39, 0.29) is 17.4 Å². The number of piperidine rings is 1. The zero-order valence-electron chi connectivity index (χ0n) is 10.5. The van der Waals surface area contributed by atoms with Crippen molar-refractivity contribution in [2.24, 2.45) is 0 Å². The minimum absolute atomic E-state index is 0.127. The topological polar surface area (TPSA) is 66.7 Å². The molecule has 8 heteroatoms. The van der Waals surface area contributed by atoms with Crippen molar-refractivity contribution in [1.82, 2.24) is 20.4 Å². The third-order valence-electron chi connectivity index (χ3n) is 3.34. The molecule has 1 aliphatic heterocycles. The largest absolute Gasteiger partial charge is 0.417 e. The second-order valence-corrected chi connectivity index (χ2v) is 4.80. The Labute approximate surface area is 112 Å². The summed E-state index contributed by atoms with van der Waals surface area (Å²) in [5, 5.41) is 6.97. The summed E-state index contributed by atoms with van der Waals surface area (Å²) in [6.07, 6.45) is -1.53. The zero-order valence-corrected chi connectivity index (χ0v) is 10.5. The van der Waals surface area contributed by atoms with Crippen molar-refractivity contribution in [1.29, 1.82) is 0 Å². The number of alkyl halides is 3. The molecule has 0 spiro atoms. The number of rotatable bonds is 2. The quantitative estimate of drug-likeness (QED) is 0.890. The van der Waals surface area contributed by atoms with Crippen LogP contribution in [0.1, 0.15) is 30.2 Å². The summed E-state index contributed by atoms with van der Waals surface area (Å²) in [5.41, 5.74) is -0.547. The number of halogens is 3. The summed E-state index contributed by atoms with van der Waals surface area (Å²) in [4.78, 5) is 6.71. The highest BCUT2D eigenvalue weighted by atomic mass is 19.4. The van der Waals surface area contributed by atoms with Crippen LogP contribution < -0.4 is 5.32 Å². The second-order valence-electron chi connectivity index (χ2n) is 4.80. The molecule has 2 aromatic rings. The average molecular weight is 286 g/mol. The summed E-state index contributed by atoms with van der Waals surface area (Å²) in [5.74, 6) is 0.749. The summed E-state index contributed by atoms with van der Waals surface area (Å²) >= 11 is 0. The fourth-order valence-corrected chi connectivity index (χ4v) is 2.26. The third-order valence-corrected chi connectivity index (χ3v) is 3.34. The Morgan fingerprint density at radius 3 is 2.85 bits per heavy atom. The van der Waals surface area contributed by atoms with E-state index in [1.807, 2.05) is 0 Å². The van der Waals surface area contributed by atoms with Crippen molar-refractivity contribution in [3.05, 3.63) is 23.7 Å². The van der Waals surface area contributed by atoms with Crippen LogP contribution in [0.15, 0.2) is 16.8 Å². The van der Waals surface area contributed by atoms with Gasteiger partial charge >= 0.3 is 6.18 Å². The van der Waals surface area contributed by atoms with Crippen LogP contribution in [0, 0.1) is 0 Å². The van der Waals surface area contributed by atoms with Gasteiger partial charge in [0.2, 0.25) is 11.7 Å². The molecule has 0 radical (unpaired) electrons. The van der Waals surface area contributed by atoms with E-state index in [1.165, 1.54) is 0 Å². The van der Waals surface area contributed by atoms with E-state index in [0.29, 0.717) is 5.89 Å². The van der Waals surface area contributed by atoms with Crippen LogP contribution in [-0.2, 0) is 6.18 Å². The Morgan fingerprint density at radius 1 is 1.35 bits per heavy atom. The molecule has 20 heavy (non-hydrogen) atoms. The standard InChI is InChI=1S/C12H13F3N4O/c13-12(14,15)8-4-9(17-6-8)10-18-11(20-19-10)7-2-1-3-16-5-7/h4,6-7,16-17H,1-3,5H2. The van der Waals surface area contributed by atoms with E-state index >= 15 is 0 Å². The summed E-state index contributed by atoms with van der Waals surface area (Å²) in [7, 11) is 0. The van der Waals surface area contributed by atoms with Gasteiger partial charge in [-0.25, -0.2) is 0 Å². The van der Waals surface area contributed by atoms with Crippen molar-refractivity contribution in [2.75, 3.05) is 13.1 Å². The van der Waals surface area contributed by atoms with Crippen molar-refractivity contribution in [3.8, 4) is 11.5 Å². The van der Waals surface area contributed by atoms with Gasteiger partial charge in [-0.05, 0) is 25.5 Å². The Morgan fingerprint density at radius 2 is 2.20 bits per heavy atom. The first kappa shape index (κ1) is 13.2. The Bertz CT molecular complexity index is 584. The molecule has 2 aromatic heterocycles. The normalized spacial score (nSPS) is 20.2. The van der Waals surface area contributed by atoms with Gasteiger partial charge in [0.05, 0.1) is 17.2 Å². The lowest BCUT2D eigenvalue weighted by Gasteiger charge is -2.18. The maximum atomic E-state index is 12.5. The first-order valence-electron chi connectivity index (χ1n) is 6.34. The number of nitrogens with one attached hydrogen (secondary N) is 2. The van der Waals surface area contributed by atoms with Crippen LogP contribution in [0.4, 0.5) is 13.2 Å². The SMILES string of the molecule is FC(F)(F)c1c[nH]c(-c2noc(C3CCCNC3)n2)c1. The van der Waals surface area contributed by atoms with Crippen LogP contribution in [0.2, 0.25) is 0 Å². The number of H-pyrrole nitrogens is 1. The predicted octanol–water partition coefficient (Wildman–Crippen LogP) is 2.55. The number of aromatic amines is 1. The van der Waals surface area contributed by atoms with Crippen LogP contribution in [-0.4, -0.2) is 28.2 Å². The van der Waals surface area contributed by atoms with Gasteiger partial charge in [0.25, 0.3) is 0 Å². The molecule has 1 unspecified atom stereocenters. The highest BCUT2D eigenvalue weighted by Crippen LogP contribution is 2.32. The highest BCUT2D eigenvalue weighted by molar-refractivity contribution is 5.50. The van der Waals surface area contributed by atoms with Crippen molar-refractivity contribution in [3.63, 3.8) is 0 Å². The number of nitrogens with zero attached hydrogens (tertiary/aromatic N) is 2. The molecule has 0 aliphatic carbocycles. The molecule has 0 aromatic carbocycles. The Kier molecular flexibility index (Phi) is 3.25. The average Bonchev–Trinajstić information content (AvgIpc) is 3.08. The smallest absolute Gasteiger partial charge is 0.358 e. The van der Waals surface area contributed by atoms with Crippen molar-refractivity contribution in [2.45, 2.75) is 24.9 Å². The van der Waals surface area contributed by atoms with Crippen LogP contribution >= 0.6 is 0 Å². The summed E-state index contributed by atoms with van der Waals surface area (Å²) in [6.45, 7) is 1.71. The molecular formula is C12H13F3N4O. The minimum atomic E-state index is -4.38. The Hall–Kier alpha value is -1.83. The van der Waals surface area contributed by atoms with E-state index in [2.05, 4.69) is 20.4 Å². The summed E-state index contributed by atoms with van der Waals surface area (Å²) in [6, 6.07) is 0.980. The molecule has 0 bridgehead atoms. The molecule has 1 atom stereocenters. The highest BCUT2D eigenvalue weighted by Gasteiger charge is 2.32. The molecule has 0 amide bonds. The van der Waals surface area contributed by atoms with Crippen molar-refractivity contribution >= 4 is 0 Å². The third kappa shape index (κ3) is 2.55. The first-order valence-corrected chi connectivity index (χ1v) is 6.34. The van der Waals surface area contributed by atoms with E-state index in [9.17, 15) is 13.2 Å². The lowest BCUT2D eigenvalue weighted by molar-refractivity contribution is -0.137. The van der Waals surface area contributed by atoms with E-state index < -0.39 is 11.7 Å². The fraction of sp³-hybridized carbons (Fsp3) is 0.500. The van der Waals surface area contributed by atoms with E-state index in [4.69, 9.17) is 4.52 Å². The number of hydrogen-bond acceptors (Lipinski definition) is 4. The Balaban J connectivity index is 1.81. The first-order chi connectivity index (χ1) is 9.54. The maximum Gasteiger partial charge on any atom is 0.417 e. The predicted molar refractivity (Wildman–Crippen MR) is 63.9 cm³/mol. The molecule has 3 rings (SSSR count). The lowest BCUT2D eigenvalue weighted by Crippen LogP contribution is -2.28. The monoisotopic (exact) mass is 286 g/mol. The molecule has 1 fully saturated rings. The fourth-order valence-electron chi connectivity index (χ4n) is 2.26. The van der Waals surface area contributed by atoms with Crippen LogP contribution in [0.5, 0.6) is 0 Å². The zero-order chi connectivity index (χ0) is 14.2. The molecule has 3 heterocycles. The van der Waals surface area contributed by atoms with E-state index in [1.54, 1.807) is 0 Å². The van der Waals surface area contributed by atoms with Gasteiger partial charge in [0.1, 0.15) is 0 Å². The molecule has 2 N–H and O–H groups in total. The molecule has 5 nitrogen and oxygen atoms in total. The molecular weight excluding hydrogens is 273 g/mol. The lowest BCUT2D eigenvalue weighted by atomic mass is 10.00. The maximum absolute atomic E-state index is 12.5. The minimum Gasteiger partial charge on any atom is -0.358 e. The van der Waals surface area contributed by atoms with Crippen LogP contribution in [0.3, 0.4) is 0 Å². The van der Waals surface area contributed by atoms with Gasteiger partial charge in [0.15, 0.2) is 0 Å². The molecule has 108 valence electrons. The van der Waals surface area contributed by atoms with Gasteiger partial charge in [-0.15, -0.1) is 0 Å². The van der Waals surface area contributed by atoms with Gasteiger partial charge in [-0.1, -0.05) is 5.16 Å². The van der Waals surface area contributed by atoms with Gasteiger partial charge in [-0.2, -0.15) is 18.2 Å². The van der Waals surface area contributed by atoms with Crippen molar-refractivity contribution < 1.29 is 17.7 Å². The second kappa shape index (κ2) is 4.93. The number of aromatic nitrogens is 3. The summed E-state index contributed by atoms with van der Waals surface area (Å²) < 4.78 is 42.7. The van der Waals surface area contributed by atoms with Crippen LogP contribution in [0.25, 0.3) is 11.5 Å². The molecule has 0 saturated carbocycles. The molecule has 1 saturated heterocycles. The van der Waals surface area contributed by atoms with Gasteiger partial charge < -0.3 is 14.8 Å².